The molecule has 0 atom stereocenters. The number of amides is 1. The molecule has 1 rings (SSSR count). The molecule has 0 aliphatic heterocycles. The highest BCUT2D eigenvalue weighted by atomic mass is 79.9. The highest BCUT2D eigenvalue weighted by Crippen LogP contribution is 2.23. The van der Waals surface area contributed by atoms with Gasteiger partial charge in [0, 0.05) is 24.7 Å². The average molecular weight is 389 g/mol. The summed E-state index contributed by atoms with van der Waals surface area (Å²) in [6, 6.07) is 5.32. The predicted molar refractivity (Wildman–Crippen MR) is 94.5 cm³/mol. The summed E-state index contributed by atoms with van der Waals surface area (Å²) in [6.07, 6.45) is 1.69. The molecule has 0 radical (unpaired) electrons. The van der Waals surface area contributed by atoms with E-state index in [0.717, 1.165) is 17.3 Å². The van der Waals surface area contributed by atoms with E-state index in [4.69, 9.17) is 21.7 Å². The minimum atomic E-state index is -0.295. The van der Waals surface area contributed by atoms with Crippen molar-refractivity contribution in [2.24, 2.45) is 0 Å². The highest BCUT2D eigenvalue weighted by Gasteiger charge is 2.14. The molecular weight excluding hydrogens is 368 g/mol. The Kier molecular flexibility index (Phi) is 9.03. The van der Waals surface area contributed by atoms with E-state index in [1.807, 2.05) is 13.0 Å². The first-order valence-electron chi connectivity index (χ1n) is 7.09. The molecule has 0 heterocycles. The number of hydrogen-bond acceptors (Lipinski definition) is 4. The molecule has 5 nitrogen and oxygen atoms in total. The van der Waals surface area contributed by atoms with Gasteiger partial charge >= 0.3 is 0 Å². The number of nitrogens with one attached hydrogen (secondary N) is 2. The zero-order chi connectivity index (χ0) is 16.4. The number of thiocarbonyl (C=S) groups is 1. The first-order chi connectivity index (χ1) is 10.6. The van der Waals surface area contributed by atoms with E-state index in [1.165, 1.54) is 0 Å². The lowest BCUT2D eigenvalue weighted by atomic mass is 10.2. The van der Waals surface area contributed by atoms with Crippen LogP contribution in [0.3, 0.4) is 0 Å². The Bertz CT molecular complexity index is 512. The Labute approximate surface area is 144 Å². The monoisotopic (exact) mass is 388 g/mol. The summed E-state index contributed by atoms with van der Waals surface area (Å²) in [6.45, 7) is 3.86. The van der Waals surface area contributed by atoms with Gasteiger partial charge in [0.25, 0.3) is 5.91 Å². The molecule has 0 aliphatic rings. The van der Waals surface area contributed by atoms with Crippen LogP contribution in [0.2, 0.25) is 0 Å². The third-order valence-corrected chi connectivity index (χ3v) is 3.43. The van der Waals surface area contributed by atoms with Crippen LogP contribution in [-0.4, -0.2) is 37.9 Å². The van der Waals surface area contributed by atoms with Crippen LogP contribution >= 0.6 is 28.1 Å². The fraction of sp³-hybridized carbons (Fsp3) is 0.467. The molecule has 0 aliphatic carbocycles. The Morgan fingerprint density at radius 3 is 2.82 bits per heavy atom. The maximum atomic E-state index is 12.3. The van der Waals surface area contributed by atoms with Crippen LogP contribution in [0.5, 0.6) is 5.75 Å². The van der Waals surface area contributed by atoms with Crippen molar-refractivity contribution in [3.05, 3.63) is 28.2 Å². The van der Waals surface area contributed by atoms with Gasteiger partial charge in [-0.15, -0.1) is 0 Å². The summed E-state index contributed by atoms with van der Waals surface area (Å²) in [5.41, 5.74) is 0.448. The summed E-state index contributed by atoms with van der Waals surface area (Å²) in [5, 5.41) is 5.91. The van der Waals surface area contributed by atoms with E-state index in [9.17, 15) is 4.79 Å². The van der Waals surface area contributed by atoms with E-state index in [2.05, 4.69) is 26.6 Å². The first kappa shape index (κ1) is 18.9. The molecular formula is C15H21BrN2O3S. The van der Waals surface area contributed by atoms with Crippen LogP contribution in [0.15, 0.2) is 22.7 Å². The minimum absolute atomic E-state index is 0.294. The zero-order valence-electron chi connectivity index (χ0n) is 12.8. The number of ether oxygens (including phenoxy) is 2. The number of hydrogen-bond donors (Lipinski definition) is 2. The lowest BCUT2D eigenvalue weighted by Crippen LogP contribution is -2.40. The van der Waals surface area contributed by atoms with Gasteiger partial charge in [-0.2, -0.15) is 0 Å². The third-order valence-electron chi connectivity index (χ3n) is 2.69. The largest absolute Gasteiger partial charge is 0.493 e. The van der Waals surface area contributed by atoms with Crippen LogP contribution < -0.4 is 15.4 Å². The van der Waals surface area contributed by atoms with Gasteiger partial charge in [0.05, 0.1) is 12.2 Å². The second-order valence-electron chi connectivity index (χ2n) is 4.55. The van der Waals surface area contributed by atoms with Crippen molar-refractivity contribution < 1.29 is 14.3 Å². The molecule has 0 fully saturated rings. The molecule has 2 N–H and O–H groups in total. The van der Waals surface area contributed by atoms with E-state index in [-0.39, 0.29) is 5.91 Å². The van der Waals surface area contributed by atoms with Crippen molar-refractivity contribution >= 4 is 39.2 Å². The summed E-state index contributed by atoms with van der Waals surface area (Å²) >= 11 is 8.47. The maximum Gasteiger partial charge on any atom is 0.261 e. The Morgan fingerprint density at radius 1 is 1.36 bits per heavy atom. The molecule has 0 bridgehead atoms. The summed E-state index contributed by atoms with van der Waals surface area (Å²) in [7, 11) is 1.64. The van der Waals surface area contributed by atoms with Crippen LogP contribution in [0.4, 0.5) is 0 Å². The average Bonchev–Trinajstić information content (AvgIpc) is 2.50. The van der Waals surface area contributed by atoms with Crippen LogP contribution in [-0.2, 0) is 4.74 Å². The molecule has 122 valence electrons. The molecule has 0 saturated heterocycles. The van der Waals surface area contributed by atoms with Crippen molar-refractivity contribution in [2.75, 3.05) is 26.9 Å². The second kappa shape index (κ2) is 10.5. The predicted octanol–water partition coefficient (Wildman–Crippen LogP) is 2.88. The van der Waals surface area contributed by atoms with Crippen molar-refractivity contribution in [3.63, 3.8) is 0 Å². The highest BCUT2D eigenvalue weighted by molar-refractivity contribution is 9.10. The standard InChI is InChI=1S/C15H21BrN2O3S/c1-3-8-21-13-6-5-11(16)10-12(13)14(19)18-15(22)17-7-4-9-20-2/h5-6,10H,3-4,7-9H2,1-2H3,(H2,17,18,19,22). The molecule has 1 amide bonds. The molecule has 0 saturated carbocycles. The van der Waals surface area contributed by atoms with Gasteiger partial charge < -0.3 is 14.8 Å². The van der Waals surface area contributed by atoms with Crippen molar-refractivity contribution in [3.8, 4) is 5.75 Å². The van der Waals surface area contributed by atoms with Gasteiger partial charge in [0.15, 0.2) is 5.11 Å². The summed E-state index contributed by atoms with van der Waals surface area (Å²) < 4.78 is 11.3. The van der Waals surface area contributed by atoms with Gasteiger partial charge in [-0.05, 0) is 43.3 Å². The third kappa shape index (κ3) is 6.72. The van der Waals surface area contributed by atoms with Crippen molar-refractivity contribution in [1.82, 2.24) is 10.6 Å². The minimum Gasteiger partial charge on any atom is -0.493 e. The van der Waals surface area contributed by atoms with Gasteiger partial charge in [-0.3, -0.25) is 10.1 Å². The Hall–Kier alpha value is -1.18. The van der Waals surface area contributed by atoms with Crippen LogP contribution in [0.25, 0.3) is 0 Å². The van der Waals surface area contributed by atoms with Crippen molar-refractivity contribution in [2.45, 2.75) is 19.8 Å². The Balaban J connectivity index is 2.63. The molecule has 0 spiro atoms. The molecule has 22 heavy (non-hydrogen) atoms. The van der Waals surface area contributed by atoms with Crippen LogP contribution in [0, 0.1) is 0 Å². The molecule has 1 aromatic rings. The first-order valence-corrected chi connectivity index (χ1v) is 8.29. The summed E-state index contributed by atoms with van der Waals surface area (Å²) in [5.74, 6) is 0.251. The van der Waals surface area contributed by atoms with Crippen molar-refractivity contribution in [1.29, 1.82) is 0 Å². The molecule has 7 heteroatoms. The fourth-order valence-electron chi connectivity index (χ4n) is 1.65. The van der Waals surface area contributed by atoms with E-state index in [0.29, 0.717) is 36.2 Å². The van der Waals surface area contributed by atoms with E-state index < -0.39 is 0 Å². The number of carbonyl (C=O) groups is 1. The number of benzene rings is 1. The quantitative estimate of drug-likeness (QED) is 0.529. The molecule has 0 aromatic heterocycles. The fourth-order valence-corrected chi connectivity index (χ4v) is 2.21. The number of methoxy groups -OCH3 is 1. The topological polar surface area (TPSA) is 59.6 Å². The zero-order valence-corrected chi connectivity index (χ0v) is 15.2. The maximum absolute atomic E-state index is 12.3. The molecule has 0 unspecified atom stereocenters. The van der Waals surface area contributed by atoms with E-state index in [1.54, 1.807) is 19.2 Å². The number of carbonyl (C=O) groups excluding carboxylic acids is 1. The lowest BCUT2D eigenvalue weighted by Gasteiger charge is -2.13. The van der Waals surface area contributed by atoms with Gasteiger partial charge in [-0.1, -0.05) is 22.9 Å². The van der Waals surface area contributed by atoms with Gasteiger partial charge in [0.2, 0.25) is 0 Å². The Morgan fingerprint density at radius 2 is 2.14 bits per heavy atom. The normalized spacial score (nSPS) is 10.1. The SMILES string of the molecule is CCCOc1ccc(Br)cc1C(=O)NC(=S)NCCCOC. The summed E-state index contributed by atoms with van der Waals surface area (Å²) in [4.78, 5) is 12.3. The molecule has 1 aromatic carbocycles. The number of halogens is 1. The van der Waals surface area contributed by atoms with Gasteiger partial charge in [-0.25, -0.2) is 0 Å². The van der Waals surface area contributed by atoms with Gasteiger partial charge in [0.1, 0.15) is 5.75 Å². The van der Waals surface area contributed by atoms with E-state index >= 15 is 0 Å². The second-order valence-corrected chi connectivity index (χ2v) is 5.87. The lowest BCUT2D eigenvalue weighted by molar-refractivity contribution is 0.0972. The number of rotatable bonds is 8. The smallest absolute Gasteiger partial charge is 0.261 e. The van der Waals surface area contributed by atoms with Crippen LogP contribution in [0.1, 0.15) is 30.1 Å².